The van der Waals surface area contributed by atoms with Crippen molar-refractivity contribution >= 4 is 27.9 Å². The smallest absolute Gasteiger partial charge is 0.407 e. The fraction of sp³-hybridized carbons (Fsp3) is 0.621. The van der Waals surface area contributed by atoms with Gasteiger partial charge in [-0.05, 0) is 100.0 Å². The van der Waals surface area contributed by atoms with Gasteiger partial charge in [-0.1, -0.05) is 30.3 Å². The Morgan fingerprint density at radius 2 is 1.56 bits per heavy atom. The molecule has 198 valence electrons. The van der Waals surface area contributed by atoms with E-state index in [9.17, 15) is 9.00 Å². The van der Waals surface area contributed by atoms with E-state index in [4.69, 9.17) is 9.47 Å². The van der Waals surface area contributed by atoms with Crippen molar-refractivity contribution in [3.63, 3.8) is 0 Å². The van der Waals surface area contributed by atoms with Gasteiger partial charge in [-0.3, -0.25) is 0 Å². The lowest BCUT2D eigenvalue weighted by molar-refractivity contribution is 0.0511. The molecule has 2 aromatic rings. The van der Waals surface area contributed by atoms with E-state index in [0.717, 1.165) is 75.1 Å². The predicted octanol–water partition coefficient (Wildman–Crippen LogP) is 5.92. The highest BCUT2D eigenvalue weighted by Crippen LogP contribution is 2.31. The van der Waals surface area contributed by atoms with Gasteiger partial charge >= 0.3 is 6.09 Å². The number of carbonyl (C=O) groups excluding carboxylic acids is 1. The molecule has 1 heterocycles. The van der Waals surface area contributed by atoms with Gasteiger partial charge in [0.25, 0.3) is 0 Å². The molecule has 1 N–H and O–H groups in total. The maximum atomic E-state index is 13.8. The van der Waals surface area contributed by atoms with Crippen molar-refractivity contribution in [1.29, 1.82) is 0 Å². The van der Waals surface area contributed by atoms with E-state index < -0.39 is 16.6 Å². The normalized spacial score (nSPS) is 22.4. The monoisotopic (exact) mass is 514 g/mol. The number of nitrogens with one attached hydrogen (secondary N) is 1. The first-order valence-electron chi connectivity index (χ1n) is 13.5. The van der Waals surface area contributed by atoms with Crippen molar-refractivity contribution in [2.45, 2.75) is 69.8 Å². The molecule has 7 heteroatoms. The summed E-state index contributed by atoms with van der Waals surface area (Å²) in [7, 11) is -1.19. The lowest BCUT2D eigenvalue weighted by atomic mass is 9.82. The summed E-state index contributed by atoms with van der Waals surface area (Å²) in [5.74, 6) is 1.52. The van der Waals surface area contributed by atoms with Gasteiger partial charge in [0.2, 0.25) is 0 Å². The van der Waals surface area contributed by atoms with Crippen LogP contribution in [0.1, 0.15) is 59.3 Å². The molecule has 2 aromatic carbocycles. The SMILES string of the molecule is CC(C)(C)OC(=O)NCC1CCC(CN(CC2CCOCC2)S(=O)c2ccc3ccccc3c2)CC1. The summed E-state index contributed by atoms with van der Waals surface area (Å²) in [6.07, 6.45) is 6.09. The van der Waals surface area contributed by atoms with Crippen LogP contribution in [0.4, 0.5) is 4.79 Å². The maximum absolute atomic E-state index is 13.8. The van der Waals surface area contributed by atoms with Crippen molar-refractivity contribution in [2.24, 2.45) is 17.8 Å². The lowest BCUT2D eigenvalue weighted by Gasteiger charge is -2.34. The van der Waals surface area contributed by atoms with Crippen molar-refractivity contribution in [3.05, 3.63) is 42.5 Å². The molecule has 1 saturated carbocycles. The van der Waals surface area contributed by atoms with Gasteiger partial charge in [0.05, 0.1) is 4.90 Å². The molecule has 0 radical (unpaired) electrons. The molecule has 1 aliphatic heterocycles. The number of carbonyl (C=O) groups is 1. The van der Waals surface area contributed by atoms with Gasteiger partial charge in [-0.15, -0.1) is 0 Å². The third kappa shape index (κ3) is 8.02. The third-order valence-electron chi connectivity index (χ3n) is 7.32. The summed E-state index contributed by atoms with van der Waals surface area (Å²) in [4.78, 5) is 12.9. The Kier molecular flexibility index (Phi) is 9.42. The van der Waals surface area contributed by atoms with Crippen molar-refractivity contribution in [3.8, 4) is 0 Å². The molecule has 1 amide bonds. The minimum Gasteiger partial charge on any atom is -0.444 e. The van der Waals surface area contributed by atoms with Crippen molar-refractivity contribution in [2.75, 3.05) is 32.8 Å². The number of hydrogen-bond donors (Lipinski definition) is 1. The first-order valence-corrected chi connectivity index (χ1v) is 14.6. The van der Waals surface area contributed by atoms with E-state index in [1.165, 1.54) is 5.39 Å². The summed E-state index contributed by atoms with van der Waals surface area (Å²) >= 11 is 0. The van der Waals surface area contributed by atoms with Crippen LogP contribution in [0.2, 0.25) is 0 Å². The Morgan fingerprint density at radius 3 is 2.22 bits per heavy atom. The quantitative estimate of drug-likeness (QED) is 0.475. The first-order chi connectivity index (χ1) is 17.3. The summed E-state index contributed by atoms with van der Waals surface area (Å²) in [6, 6.07) is 14.4. The summed E-state index contributed by atoms with van der Waals surface area (Å²) in [5, 5.41) is 5.25. The molecule has 36 heavy (non-hydrogen) atoms. The molecule has 2 aliphatic rings. The van der Waals surface area contributed by atoms with E-state index in [2.05, 4.69) is 33.9 Å². The Balaban J connectivity index is 1.35. The molecule has 1 atom stereocenters. The van der Waals surface area contributed by atoms with Crippen LogP contribution in [0.25, 0.3) is 10.8 Å². The van der Waals surface area contributed by atoms with Crippen molar-refractivity contribution in [1.82, 2.24) is 9.62 Å². The Bertz CT molecular complexity index is 1020. The fourth-order valence-electron chi connectivity index (χ4n) is 5.30. The average molecular weight is 515 g/mol. The van der Waals surface area contributed by atoms with Gasteiger partial charge in [-0.25, -0.2) is 13.3 Å². The Morgan fingerprint density at radius 1 is 0.944 bits per heavy atom. The largest absolute Gasteiger partial charge is 0.444 e. The highest BCUT2D eigenvalue weighted by Gasteiger charge is 2.28. The number of alkyl carbamates (subject to hydrolysis) is 1. The summed E-state index contributed by atoms with van der Waals surface area (Å²) in [5.41, 5.74) is -0.476. The first kappa shape index (κ1) is 27.1. The maximum Gasteiger partial charge on any atom is 0.407 e. The van der Waals surface area contributed by atoms with Gasteiger partial charge in [0, 0.05) is 32.8 Å². The van der Waals surface area contributed by atoms with E-state index in [1.807, 2.05) is 39.0 Å². The van der Waals surface area contributed by atoms with Crippen LogP contribution < -0.4 is 5.32 Å². The molecule has 1 unspecified atom stereocenters. The van der Waals surface area contributed by atoms with Gasteiger partial charge in [-0.2, -0.15) is 0 Å². The number of nitrogens with zero attached hydrogens (tertiary/aromatic N) is 1. The number of rotatable bonds is 8. The molecule has 6 nitrogen and oxygen atoms in total. The summed E-state index contributed by atoms with van der Waals surface area (Å²) < 4.78 is 27.0. The Labute approximate surface area is 218 Å². The van der Waals surface area contributed by atoms with Gasteiger partial charge in [0.1, 0.15) is 16.6 Å². The average Bonchev–Trinajstić information content (AvgIpc) is 2.87. The van der Waals surface area contributed by atoms with Crippen LogP contribution in [-0.2, 0) is 20.5 Å². The van der Waals surface area contributed by atoms with Gasteiger partial charge in [0.15, 0.2) is 0 Å². The molecular weight excluding hydrogens is 472 g/mol. The van der Waals surface area contributed by atoms with Crippen LogP contribution >= 0.6 is 0 Å². The summed E-state index contributed by atoms with van der Waals surface area (Å²) in [6.45, 7) is 9.61. The second kappa shape index (κ2) is 12.5. The van der Waals surface area contributed by atoms with Gasteiger partial charge < -0.3 is 14.8 Å². The second-order valence-electron chi connectivity index (χ2n) is 11.4. The van der Waals surface area contributed by atoms with Crippen LogP contribution in [-0.4, -0.2) is 53.1 Å². The fourth-order valence-corrected chi connectivity index (χ4v) is 6.70. The molecule has 0 aromatic heterocycles. The zero-order valence-corrected chi connectivity index (χ0v) is 22.9. The number of benzene rings is 2. The van der Waals surface area contributed by atoms with E-state index in [0.29, 0.717) is 24.3 Å². The number of amides is 1. The highest BCUT2D eigenvalue weighted by molar-refractivity contribution is 7.82. The molecule has 0 spiro atoms. The third-order valence-corrected chi connectivity index (χ3v) is 8.75. The highest BCUT2D eigenvalue weighted by atomic mass is 32.2. The van der Waals surface area contributed by atoms with Crippen LogP contribution in [0.3, 0.4) is 0 Å². The lowest BCUT2D eigenvalue weighted by Crippen LogP contribution is -2.39. The second-order valence-corrected chi connectivity index (χ2v) is 12.9. The minimum absolute atomic E-state index is 0.335. The minimum atomic E-state index is -1.19. The standard InChI is InChI=1S/C29H42N2O4S/c1-29(2,3)35-28(32)30-19-22-8-10-23(11-9-22)20-31(21-24-14-16-34-17-15-24)36(33)27-13-12-25-6-4-5-7-26(25)18-27/h4-7,12-13,18,22-24H,8-11,14-17,19-21H2,1-3H3,(H,30,32). The van der Waals surface area contributed by atoms with E-state index in [1.54, 1.807) is 0 Å². The molecule has 2 fully saturated rings. The molecule has 4 rings (SSSR count). The zero-order chi connectivity index (χ0) is 25.5. The number of ether oxygens (including phenoxy) is 2. The molecule has 0 bridgehead atoms. The van der Waals surface area contributed by atoms with E-state index >= 15 is 0 Å². The van der Waals surface area contributed by atoms with Crippen molar-refractivity contribution < 1.29 is 18.5 Å². The predicted molar refractivity (Wildman–Crippen MR) is 145 cm³/mol. The Hall–Kier alpha value is -1.96. The molecule has 1 saturated heterocycles. The van der Waals surface area contributed by atoms with Crippen LogP contribution in [0.5, 0.6) is 0 Å². The van der Waals surface area contributed by atoms with Crippen LogP contribution in [0.15, 0.2) is 47.4 Å². The number of fused-ring (bicyclic) bond motifs is 1. The van der Waals surface area contributed by atoms with E-state index in [-0.39, 0.29) is 6.09 Å². The molecule has 1 aliphatic carbocycles. The zero-order valence-electron chi connectivity index (χ0n) is 22.0. The topological polar surface area (TPSA) is 67.9 Å². The number of hydrogen-bond acceptors (Lipinski definition) is 4. The molecular formula is C29H42N2O4S. The van der Waals surface area contributed by atoms with Crippen LogP contribution in [0, 0.1) is 17.8 Å².